The van der Waals surface area contributed by atoms with Gasteiger partial charge in [0.05, 0.1) is 22.1 Å². The maximum absolute atomic E-state index is 2.40. The van der Waals surface area contributed by atoms with E-state index in [1.54, 1.807) is 0 Å². The highest BCUT2D eigenvalue weighted by Crippen LogP contribution is 2.52. The molecule has 0 spiro atoms. The highest BCUT2D eigenvalue weighted by Gasteiger charge is 2.37. The zero-order chi connectivity index (χ0) is 83.0. The smallest absolute Gasteiger partial charge is 0.0541 e. The summed E-state index contributed by atoms with van der Waals surface area (Å²) in [7, 11) is 0. The number of hydrogen-bond donors (Lipinski definition) is 0. The Morgan fingerprint density at radius 3 is 0.702 bits per heavy atom. The molecule has 2 heterocycles. The van der Waals surface area contributed by atoms with Crippen LogP contribution < -0.4 is 9.80 Å². The standard InChI is InChI=1S/C63H46N2.C57H42N2/c1-63(2)59-19-11-9-17-55(59)56-39-33-50(42-60(56)63)48-31-37-54(38-32-48)64(51-13-5-3-6-14-51)53-35-29-46(30-36-53)45-23-21-43(22-24-45)44-25-27-47(28-26-44)49-34-40-62-58(41-49)57-18-10-12-20-61(57)65(62)52-15-7-4-8-16-52;1-57(2)53-19-11-9-17-49(53)50-35-29-44(38-54(50)57)42-27-33-48(34-28-42)58(45-13-5-3-6-14-45)47-31-25-40(26-32-47)39-21-23-41(24-22-39)43-30-36-56-52(37-43)51-18-10-12-20-55(51)59(56)46-15-7-4-8-16-46/h3-42H,1-2H3;3-38H,1-2H3. The monoisotopic (exact) mass is 1580 g/mol. The van der Waals surface area contributed by atoms with E-state index in [4.69, 9.17) is 0 Å². The van der Waals surface area contributed by atoms with Crippen molar-refractivity contribution in [3.63, 3.8) is 0 Å². The molecule has 19 aromatic carbocycles. The Kier molecular flexibility index (Phi) is 18.6. The molecule has 4 nitrogen and oxygen atoms in total. The predicted molar refractivity (Wildman–Crippen MR) is 524 cm³/mol. The Morgan fingerprint density at radius 2 is 0.379 bits per heavy atom. The summed E-state index contributed by atoms with van der Waals surface area (Å²) in [6.07, 6.45) is 0. The van der Waals surface area contributed by atoms with Gasteiger partial charge in [0.25, 0.3) is 0 Å². The van der Waals surface area contributed by atoms with Crippen molar-refractivity contribution in [3.8, 4) is 112 Å². The molecule has 0 atom stereocenters. The first-order chi connectivity index (χ1) is 61.0. The van der Waals surface area contributed by atoms with Crippen molar-refractivity contribution in [1.82, 2.24) is 9.13 Å². The number of fused-ring (bicyclic) bond motifs is 12. The van der Waals surface area contributed by atoms with E-state index in [0.717, 1.165) is 34.1 Å². The van der Waals surface area contributed by atoms with Gasteiger partial charge in [0.1, 0.15) is 0 Å². The van der Waals surface area contributed by atoms with Gasteiger partial charge in [0, 0.05) is 77.9 Å². The van der Waals surface area contributed by atoms with E-state index in [1.165, 1.54) is 177 Å². The van der Waals surface area contributed by atoms with Crippen molar-refractivity contribution in [2.75, 3.05) is 9.80 Å². The molecule has 2 aromatic heterocycles. The lowest BCUT2D eigenvalue weighted by molar-refractivity contribution is 0.660. The van der Waals surface area contributed by atoms with Gasteiger partial charge in [0.2, 0.25) is 0 Å². The molecule has 4 heteroatoms. The molecule has 124 heavy (non-hydrogen) atoms. The van der Waals surface area contributed by atoms with Crippen LogP contribution in [0.1, 0.15) is 49.9 Å². The number of rotatable bonds is 15. The molecule has 0 aliphatic heterocycles. The number of aromatic nitrogens is 2. The molecule has 0 N–H and O–H groups in total. The van der Waals surface area contributed by atoms with Gasteiger partial charge >= 0.3 is 0 Å². The van der Waals surface area contributed by atoms with Crippen LogP contribution in [-0.4, -0.2) is 9.13 Å². The van der Waals surface area contributed by atoms with E-state index in [9.17, 15) is 0 Å². The lowest BCUT2D eigenvalue weighted by Gasteiger charge is -2.26. The molecular formula is C120H88N4. The fourth-order valence-corrected chi connectivity index (χ4v) is 19.6. The summed E-state index contributed by atoms with van der Waals surface area (Å²) in [5.41, 5.74) is 41.8. The first kappa shape index (κ1) is 74.7. The molecule has 0 fully saturated rings. The summed E-state index contributed by atoms with van der Waals surface area (Å²) in [5, 5.41) is 5.05. The maximum atomic E-state index is 2.40. The number of hydrogen-bond acceptors (Lipinski definition) is 2. The van der Waals surface area contributed by atoms with Gasteiger partial charge in [-0.05, 0) is 268 Å². The largest absolute Gasteiger partial charge is 0.311 e. The van der Waals surface area contributed by atoms with E-state index >= 15 is 0 Å². The predicted octanol–water partition coefficient (Wildman–Crippen LogP) is 32.8. The number of nitrogens with zero attached hydrogens (tertiary/aromatic N) is 4. The minimum absolute atomic E-state index is 0.0262. The van der Waals surface area contributed by atoms with Crippen LogP contribution in [0.5, 0.6) is 0 Å². The lowest BCUT2D eigenvalue weighted by Crippen LogP contribution is -2.14. The number of benzene rings is 19. The maximum Gasteiger partial charge on any atom is 0.0541 e. The SMILES string of the molecule is CC1(C)c2ccccc2-c2ccc(-c3ccc(N(c4ccccc4)c4ccc(-c5ccc(-c6ccc(-c7ccc8c(c7)c7ccccc7n8-c7ccccc7)cc6)cc5)cc4)cc3)cc21.CC1(C)c2ccccc2-c2ccc(-c3ccc(N(c4ccccc4)c4ccc(-c5ccc(-c6ccc7c(c6)c6ccccc6n7-c6ccccc6)cc5)cc4)cc3)cc21. The molecule has 0 radical (unpaired) electrons. The first-order valence-electron chi connectivity index (χ1n) is 43.1. The van der Waals surface area contributed by atoms with Crippen LogP contribution in [0, 0.1) is 0 Å². The van der Waals surface area contributed by atoms with Gasteiger partial charge < -0.3 is 18.9 Å². The fourth-order valence-electron chi connectivity index (χ4n) is 19.6. The molecule has 0 unspecified atom stereocenters. The summed E-state index contributed by atoms with van der Waals surface area (Å²) < 4.78 is 4.73. The molecule has 2 aliphatic rings. The highest BCUT2D eigenvalue weighted by molar-refractivity contribution is 6.12. The first-order valence-corrected chi connectivity index (χ1v) is 43.1. The van der Waals surface area contributed by atoms with Crippen LogP contribution in [-0.2, 0) is 10.8 Å². The van der Waals surface area contributed by atoms with Crippen molar-refractivity contribution < 1.29 is 0 Å². The summed E-state index contributed by atoms with van der Waals surface area (Å²) in [4.78, 5) is 4.67. The van der Waals surface area contributed by atoms with E-state index in [0.29, 0.717) is 0 Å². The Bertz CT molecular complexity index is 7560. The Morgan fingerprint density at radius 1 is 0.161 bits per heavy atom. The molecular weight excluding hydrogens is 1500 g/mol. The third-order valence-electron chi connectivity index (χ3n) is 26.1. The second-order valence-electron chi connectivity index (χ2n) is 34.0. The lowest BCUT2D eigenvalue weighted by atomic mass is 9.81. The number of para-hydroxylation sites is 6. The molecule has 21 aromatic rings. The molecule has 0 amide bonds. The van der Waals surface area contributed by atoms with Gasteiger partial charge in [-0.15, -0.1) is 0 Å². The van der Waals surface area contributed by atoms with Crippen molar-refractivity contribution >= 4 is 77.7 Å². The van der Waals surface area contributed by atoms with Crippen LogP contribution in [0.15, 0.2) is 461 Å². The molecule has 0 saturated heterocycles. The zero-order valence-corrected chi connectivity index (χ0v) is 69.7. The van der Waals surface area contributed by atoms with Crippen molar-refractivity contribution in [1.29, 1.82) is 0 Å². The van der Waals surface area contributed by atoms with E-state index < -0.39 is 0 Å². The van der Waals surface area contributed by atoms with Crippen molar-refractivity contribution in [2.45, 2.75) is 38.5 Å². The van der Waals surface area contributed by atoms with Crippen LogP contribution in [0.25, 0.3) is 155 Å². The van der Waals surface area contributed by atoms with Gasteiger partial charge in [-0.25, -0.2) is 0 Å². The normalized spacial score (nSPS) is 12.6. The highest BCUT2D eigenvalue weighted by atomic mass is 15.1. The summed E-state index contributed by atoms with van der Waals surface area (Å²) in [6.45, 7) is 9.38. The van der Waals surface area contributed by atoms with Crippen molar-refractivity contribution in [2.24, 2.45) is 0 Å². The average molecular weight is 1590 g/mol. The summed E-state index contributed by atoms with van der Waals surface area (Å²) in [6, 6.07) is 168. The Labute approximate surface area is 725 Å². The third-order valence-corrected chi connectivity index (χ3v) is 26.1. The van der Waals surface area contributed by atoms with Crippen molar-refractivity contribution in [3.05, 3.63) is 483 Å². The van der Waals surface area contributed by atoms with Crippen LogP contribution >= 0.6 is 0 Å². The number of anilines is 6. The van der Waals surface area contributed by atoms with E-state index in [-0.39, 0.29) is 10.8 Å². The minimum Gasteiger partial charge on any atom is -0.311 e. The minimum atomic E-state index is -0.0291. The molecule has 2 aliphatic carbocycles. The van der Waals surface area contributed by atoms with Gasteiger partial charge in [-0.2, -0.15) is 0 Å². The van der Waals surface area contributed by atoms with Gasteiger partial charge in [-0.1, -0.05) is 343 Å². The van der Waals surface area contributed by atoms with E-state index in [1.807, 2.05) is 0 Å². The quantitative estimate of drug-likeness (QED) is 0.102. The molecule has 0 bridgehead atoms. The van der Waals surface area contributed by atoms with E-state index in [2.05, 4.69) is 508 Å². The molecule has 0 saturated carbocycles. The van der Waals surface area contributed by atoms with Crippen LogP contribution in [0.3, 0.4) is 0 Å². The zero-order valence-electron chi connectivity index (χ0n) is 69.7. The third kappa shape index (κ3) is 13.3. The molecule has 588 valence electrons. The summed E-state index contributed by atoms with van der Waals surface area (Å²) >= 11 is 0. The second kappa shape index (κ2) is 30.9. The van der Waals surface area contributed by atoms with Gasteiger partial charge in [-0.3, -0.25) is 0 Å². The topological polar surface area (TPSA) is 16.3 Å². The summed E-state index contributed by atoms with van der Waals surface area (Å²) in [5.74, 6) is 0. The molecule has 23 rings (SSSR count). The second-order valence-corrected chi connectivity index (χ2v) is 34.0. The fraction of sp³-hybridized carbons (Fsp3) is 0.0500. The van der Waals surface area contributed by atoms with Gasteiger partial charge in [0.15, 0.2) is 0 Å². The Hall–Kier alpha value is -15.6. The Balaban J connectivity index is 0.000000148. The van der Waals surface area contributed by atoms with Crippen LogP contribution in [0.4, 0.5) is 34.1 Å². The average Bonchev–Trinajstić information content (AvgIpc) is 1.59. The van der Waals surface area contributed by atoms with Crippen LogP contribution in [0.2, 0.25) is 0 Å².